The summed E-state index contributed by atoms with van der Waals surface area (Å²) in [4.78, 5) is 13.2. The molecule has 1 aromatic heterocycles. The number of halogens is 1. The molecule has 184 valence electrons. The van der Waals surface area contributed by atoms with Crippen molar-refractivity contribution in [2.75, 3.05) is 5.75 Å². The van der Waals surface area contributed by atoms with Crippen LogP contribution in [0, 0.1) is 6.92 Å². The van der Waals surface area contributed by atoms with Crippen LogP contribution in [0.3, 0.4) is 0 Å². The number of nitrogens with zero attached hydrogens (tertiary/aromatic N) is 3. The first-order valence-corrected chi connectivity index (χ1v) is 13.3. The molecule has 0 atom stereocenters. The molecular formula is C30H25ClN4OS. The van der Waals surface area contributed by atoms with Crippen LogP contribution in [0.15, 0.2) is 114 Å². The molecule has 0 unspecified atom stereocenters. The van der Waals surface area contributed by atoms with Gasteiger partial charge in [-0.15, -0.1) is 10.2 Å². The summed E-state index contributed by atoms with van der Waals surface area (Å²) in [5.41, 5.74) is 4.98. The Hall–Kier alpha value is -3.87. The number of nitrogens with one attached hydrogen (secondary N) is 1. The van der Waals surface area contributed by atoms with Gasteiger partial charge in [0.1, 0.15) is 0 Å². The van der Waals surface area contributed by atoms with E-state index in [1.165, 1.54) is 11.8 Å². The number of aryl methyl sites for hydroxylation is 1. The van der Waals surface area contributed by atoms with Gasteiger partial charge in [0.15, 0.2) is 11.0 Å². The second-order valence-corrected chi connectivity index (χ2v) is 9.98. The Morgan fingerprint density at radius 3 is 2.14 bits per heavy atom. The molecule has 0 aliphatic heterocycles. The smallest absolute Gasteiger partial charge is 0.231 e. The zero-order chi connectivity index (χ0) is 25.6. The van der Waals surface area contributed by atoms with E-state index in [9.17, 15) is 4.79 Å². The lowest BCUT2D eigenvalue weighted by molar-refractivity contribution is -0.119. The number of benzene rings is 4. The van der Waals surface area contributed by atoms with Crippen molar-refractivity contribution in [3.05, 3.63) is 131 Å². The quantitative estimate of drug-likeness (QED) is 0.224. The van der Waals surface area contributed by atoms with Gasteiger partial charge in [0.25, 0.3) is 0 Å². The Morgan fingerprint density at radius 1 is 0.865 bits per heavy atom. The minimum Gasteiger partial charge on any atom is -0.344 e. The van der Waals surface area contributed by atoms with E-state index in [-0.39, 0.29) is 17.7 Å². The second-order valence-electron chi connectivity index (χ2n) is 8.60. The number of carbonyl (C=O) groups is 1. The predicted octanol–water partition coefficient (Wildman–Crippen LogP) is 6.89. The number of thioether (sulfide) groups is 1. The maximum atomic E-state index is 13.2. The number of amides is 1. The molecule has 0 aliphatic rings. The Balaban J connectivity index is 1.40. The fourth-order valence-corrected chi connectivity index (χ4v) is 5.03. The van der Waals surface area contributed by atoms with Crippen LogP contribution in [0.1, 0.15) is 22.7 Å². The standard InChI is InChI=1S/C30H25ClN4OS/c1-21-15-17-24(18-16-21)29-33-34-30(35(29)26-14-8-13-25(31)19-26)37-20-27(36)32-28(22-9-4-2-5-10-22)23-11-6-3-7-12-23/h2-19,28H,20H2,1H3,(H,32,36). The van der Waals surface area contributed by atoms with E-state index in [2.05, 4.69) is 15.5 Å². The van der Waals surface area contributed by atoms with Crippen LogP contribution >= 0.6 is 23.4 Å². The van der Waals surface area contributed by atoms with Crippen molar-refractivity contribution in [1.29, 1.82) is 0 Å². The average Bonchev–Trinajstić information content (AvgIpc) is 3.36. The normalized spacial score (nSPS) is 11.0. The summed E-state index contributed by atoms with van der Waals surface area (Å²) in [6, 6.07) is 35.4. The summed E-state index contributed by atoms with van der Waals surface area (Å²) < 4.78 is 1.94. The van der Waals surface area contributed by atoms with Crippen LogP contribution in [0.4, 0.5) is 0 Å². The van der Waals surface area contributed by atoms with E-state index in [0.717, 1.165) is 27.9 Å². The maximum absolute atomic E-state index is 13.2. The Labute approximate surface area is 225 Å². The molecule has 7 heteroatoms. The summed E-state index contributed by atoms with van der Waals surface area (Å²) in [7, 11) is 0. The van der Waals surface area contributed by atoms with Gasteiger partial charge in [-0.05, 0) is 36.2 Å². The number of carbonyl (C=O) groups excluding carboxylic acids is 1. The van der Waals surface area contributed by atoms with Gasteiger partial charge in [0.2, 0.25) is 5.91 Å². The van der Waals surface area contributed by atoms with Crippen molar-refractivity contribution in [3.8, 4) is 17.1 Å². The van der Waals surface area contributed by atoms with Crippen molar-refractivity contribution >= 4 is 29.3 Å². The van der Waals surface area contributed by atoms with Crippen molar-refractivity contribution in [2.45, 2.75) is 18.1 Å². The molecule has 0 radical (unpaired) electrons. The first-order chi connectivity index (χ1) is 18.1. The van der Waals surface area contributed by atoms with E-state index < -0.39 is 0 Å². The fourth-order valence-electron chi connectivity index (χ4n) is 4.08. The van der Waals surface area contributed by atoms with Crippen molar-refractivity contribution in [3.63, 3.8) is 0 Å². The summed E-state index contributed by atoms with van der Waals surface area (Å²) in [6.45, 7) is 2.05. The minimum absolute atomic E-state index is 0.0970. The molecule has 0 fully saturated rings. The van der Waals surface area contributed by atoms with E-state index in [4.69, 9.17) is 11.6 Å². The van der Waals surface area contributed by atoms with Crippen LogP contribution < -0.4 is 5.32 Å². The number of hydrogen-bond donors (Lipinski definition) is 1. The Bertz CT molecular complexity index is 1450. The SMILES string of the molecule is Cc1ccc(-c2nnc(SCC(=O)NC(c3ccccc3)c3ccccc3)n2-c2cccc(Cl)c2)cc1. The summed E-state index contributed by atoms with van der Waals surface area (Å²) in [5, 5.41) is 13.3. The summed E-state index contributed by atoms with van der Waals surface area (Å²) >= 11 is 7.65. The summed E-state index contributed by atoms with van der Waals surface area (Å²) in [5.74, 6) is 0.778. The second kappa shape index (κ2) is 11.5. The highest BCUT2D eigenvalue weighted by Gasteiger charge is 2.20. The van der Waals surface area contributed by atoms with Crippen molar-refractivity contribution in [2.24, 2.45) is 0 Å². The van der Waals surface area contributed by atoms with Gasteiger partial charge in [-0.25, -0.2) is 0 Å². The molecule has 37 heavy (non-hydrogen) atoms. The zero-order valence-corrected chi connectivity index (χ0v) is 21.8. The largest absolute Gasteiger partial charge is 0.344 e. The van der Waals surface area contributed by atoms with Gasteiger partial charge in [-0.3, -0.25) is 9.36 Å². The number of aromatic nitrogens is 3. The van der Waals surface area contributed by atoms with E-state index >= 15 is 0 Å². The minimum atomic E-state index is -0.246. The molecule has 0 saturated heterocycles. The molecule has 1 N–H and O–H groups in total. The van der Waals surface area contributed by atoms with E-state index in [1.807, 2.05) is 121 Å². The first-order valence-electron chi connectivity index (χ1n) is 11.9. The zero-order valence-electron chi connectivity index (χ0n) is 20.2. The highest BCUT2D eigenvalue weighted by molar-refractivity contribution is 7.99. The summed E-state index contributed by atoms with van der Waals surface area (Å²) in [6.07, 6.45) is 0. The molecule has 5 nitrogen and oxygen atoms in total. The highest BCUT2D eigenvalue weighted by atomic mass is 35.5. The average molecular weight is 525 g/mol. The van der Waals surface area contributed by atoms with Gasteiger partial charge in [0.05, 0.1) is 17.5 Å². The molecule has 0 bridgehead atoms. The van der Waals surface area contributed by atoms with Gasteiger partial charge in [0, 0.05) is 10.6 Å². The lowest BCUT2D eigenvalue weighted by Crippen LogP contribution is -2.30. The number of hydrogen-bond acceptors (Lipinski definition) is 4. The Kier molecular flexibility index (Phi) is 7.68. The molecule has 0 saturated carbocycles. The molecule has 4 aromatic carbocycles. The van der Waals surface area contributed by atoms with Crippen LogP contribution in [0.5, 0.6) is 0 Å². The molecule has 0 spiro atoms. The van der Waals surface area contributed by atoms with Crippen LogP contribution in [0.25, 0.3) is 17.1 Å². The van der Waals surface area contributed by atoms with Crippen molar-refractivity contribution < 1.29 is 4.79 Å². The predicted molar refractivity (Wildman–Crippen MR) is 150 cm³/mol. The van der Waals surface area contributed by atoms with Crippen LogP contribution in [-0.2, 0) is 4.79 Å². The fraction of sp³-hybridized carbons (Fsp3) is 0.100. The molecule has 5 aromatic rings. The van der Waals surface area contributed by atoms with Crippen molar-refractivity contribution in [1.82, 2.24) is 20.1 Å². The molecule has 5 rings (SSSR count). The molecule has 1 heterocycles. The Morgan fingerprint density at radius 2 is 1.51 bits per heavy atom. The van der Waals surface area contributed by atoms with Gasteiger partial charge in [-0.1, -0.05) is 120 Å². The van der Waals surface area contributed by atoms with Crippen LogP contribution in [-0.4, -0.2) is 26.4 Å². The lowest BCUT2D eigenvalue weighted by atomic mass is 9.99. The maximum Gasteiger partial charge on any atom is 0.231 e. The van der Waals surface area contributed by atoms with E-state index in [1.54, 1.807) is 0 Å². The van der Waals surface area contributed by atoms with Crippen LogP contribution in [0.2, 0.25) is 5.02 Å². The number of rotatable bonds is 8. The first kappa shape index (κ1) is 24.8. The third kappa shape index (κ3) is 5.93. The third-order valence-corrected chi connectivity index (χ3v) is 7.08. The van der Waals surface area contributed by atoms with E-state index in [0.29, 0.717) is 16.0 Å². The molecular weight excluding hydrogens is 500 g/mol. The topological polar surface area (TPSA) is 59.8 Å². The van der Waals surface area contributed by atoms with Gasteiger partial charge in [-0.2, -0.15) is 0 Å². The van der Waals surface area contributed by atoms with Gasteiger partial charge >= 0.3 is 0 Å². The lowest BCUT2D eigenvalue weighted by Gasteiger charge is -2.20. The monoisotopic (exact) mass is 524 g/mol. The van der Waals surface area contributed by atoms with Gasteiger partial charge < -0.3 is 5.32 Å². The molecule has 1 amide bonds. The molecule has 0 aliphatic carbocycles. The third-order valence-electron chi connectivity index (χ3n) is 5.91. The highest BCUT2D eigenvalue weighted by Crippen LogP contribution is 2.30.